The molecule has 7 nitrogen and oxygen atoms in total. The highest BCUT2D eigenvalue weighted by atomic mass is 32.2. The van der Waals surface area contributed by atoms with Crippen LogP contribution in [0.5, 0.6) is 0 Å². The lowest BCUT2D eigenvalue weighted by molar-refractivity contribution is -0.130. The van der Waals surface area contributed by atoms with Crippen molar-refractivity contribution >= 4 is 17.7 Å². The number of aryl methyl sites for hydroxylation is 1. The van der Waals surface area contributed by atoms with Crippen LogP contribution in [0.4, 0.5) is 4.39 Å². The molecule has 41 heavy (non-hydrogen) atoms. The summed E-state index contributed by atoms with van der Waals surface area (Å²) in [6.45, 7) is 4.84. The second kappa shape index (κ2) is 17.7. The molecule has 0 unspecified atom stereocenters. The largest absolute Gasteiger partial charge is 0.344 e. The Morgan fingerprint density at radius 1 is 0.927 bits per heavy atom. The molecule has 3 rings (SSSR count). The number of nitrogens with zero attached hydrogens (tertiary/aromatic N) is 5. The van der Waals surface area contributed by atoms with E-state index in [0.29, 0.717) is 35.3 Å². The van der Waals surface area contributed by atoms with Gasteiger partial charge in [0, 0.05) is 49.9 Å². The summed E-state index contributed by atoms with van der Waals surface area (Å²) in [5.41, 5.74) is 1.85. The molecule has 3 aromatic rings. The molecule has 0 aliphatic rings. The van der Waals surface area contributed by atoms with Crippen molar-refractivity contribution in [3.8, 4) is 0 Å². The predicted octanol–water partition coefficient (Wildman–Crippen LogP) is 6.74. The smallest absolute Gasteiger partial charge is 0.277 e. The Morgan fingerprint density at radius 3 is 2.17 bits per heavy atom. The van der Waals surface area contributed by atoms with Crippen molar-refractivity contribution in [1.82, 2.24) is 24.4 Å². The number of hydrogen-bond donors (Lipinski definition) is 0. The zero-order valence-electron chi connectivity index (χ0n) is 24.8. The molecule has 0 fully saturated rings. The van der Waals surface area contributed by atoms with E-state index >= 15 is 0 Å². The molecule has 0 aliphatic carbocycles. The van der Waals surface area contributed by atoms with E-state index in [1.807, 2.05) is 14.0 Å². The van der Waals surface area contributed by atoms with Gasteiger partial charge in [-0.3, -0.25) is 9.59 Å². The van der Waals surface area contributed by atoms with Gasteiger partial charge in [0.25, 0.3) is 5.56 Å². The van der Waals surface area contributed by atoms with Crippen LogP contribution in [0.25, 0.3) is 0 Å². The van der Waals surface area contributed by atoms with Gasteiger partial charge in [0.15, 0.2) is 5.16 Å². The molecule has 1 aromatic carbocycles. The van der Waals surface area contributed by atoms with Crippen LogP contribution < -0.4 is 5.56 Å². The predicted molar refractivity (Wildman–Crippen MR) is 164 cm³/mol. The fraction of sp³-hybridized carbons (Fsp3) is 0.531. The summed E-state index contributed by atoms with van der Waals surface area (Å²) < 4.78 is 15.1. The minimum atomic E-state index is -0.338. The third kappa shape index (κ3) is 11.7. The van der Waals surface area contributed by atoms with Crippen LogP contribution in [0, 0.1) is 12.7 Å². The summed E-state index contributed by atoms with van der Waals surface area (Å²) in [4.78, 5) is 40.7. The standard InChI is InChI=1S/C32H44FN5O2S/c1-4-5-6-7-8-9-10-11-12-13-18-37(3)30(39)23-38-22-28(19-27-20-34-25(2)35-21-27)31(40)36-32(38)41-24-26-14-16-29(33)17-15-26/h14-17,20-22H,4-13,18-19,23-24H2,1-3H3. The Kier molecular flexibility index (Phi) is 14.0. The van der Waals surface area contributed by atoms with Gasteiger partial charge in [-0.2, -0.15) is 4.98 Å². The zero-order chi connectivity index (χ0) is 29.5. The van der Waals surface area contributed by atoms with Crippen LogP contribution in [-0.4, -0.2) is 43.9 Å². The number of benzene rings is 1. The molecule has 9 heteroatoms. The van der Waals surface area contributed by atoms with E-state index in [2.05, 4.69) is 21.9 Å². The Hall–Kier alpha value is -3.07. The first-order chi connectivity index (χ1) is 19.9. The molecule has 0 saturated carbocycles. The van der Waals surface area contributed by atoms with Crippen molar-refractivity contribution in [2.24, 2.45) is 0 Å². The minimum Gasteiger partial charge on any atom is -0.344 e. The summed E-state index contributed by atoms with van der Waals surface area (Å²) in [7, 11) is 1.84. The van der Waals surface area contributed by atoms with Crippen LogP contribution >= 0.6 is 11.8 Å². The Balaban J connectivity index is 1.60. The molecule has 0 N–H and O–H groups in total. The summed E-state index contributed by atoms with van der Waals surface area (Å²) >= 11 is 1.36. The first-order valence-corrected chi connectivity index (χ1v) is 15.8. The van der Waals surface area contributed by atoms with E-state index in [1.54, 1.807) is 40.2 Å². The van der Waals surface area contributed by atoms with Crippen LogP contribution in [-0.2, 0) is 23.5 Å². The SMILES string of the molecule is CCCCCCCCCCCCN(C)C(=O)Cn1cc(Cc2cnc(C)nc2)c(=O)nc1SCc1ccc(F)cc1. The van der Waals surface area contributed by atoms with Crippen LogP contribution in [0.15, 0.2) is 52.8 Å². The highest BCUT2D eigenvalue weighted by molar-refractivity contribution is 7.98. The van der Waals surface area contributed by atoms with Crippen LogP contribution in [0.2, 0.25) is 0 Å². The molecule has 0 radical (unpaired) electrons. The molecule has 0 bridgehead atoms. The highest BCUT2D eigenvalue weighted by Crippen LogP contribution is 2.21. The second-order valence-electron chi connectivity index (χ2n) is 10.7. The number of carbonyl (C=O) groups excluding carboxylic acids is 1. The van der Waals surface area contributed by atoms with Gasteiger partial charge >= 0.3 is 0 Å². The van der Waals surface area contributed by atoms with E-state index in [1.165, 1.54) is 75.3 Å². The maximum atomic E-state index is 13.3. The van der Waals surface area contributed by atoms with E-state index in [-0.39, 0.29) is 23.8 Å². The molecule has 0 saturated heterocycles. The number of rotatable bonds is 18. The second-order valence-corrected chi connectivity index (χ2v) is 11.7. The van der Waals surface area contributed by atoms with Crippen molar-refractivity contribution in [3.05, 3.63) is 81.5 Å². The van der Waals surface area contributed by atoms with Crippen molar-refractivity contribution in [2.75, 3.05) is 13.6 Å². The fourth-order valence-electron chi connectivity index (χ4n) is 4.56. The maximum absolute atomic E-state index is 13.3. The lowest BCUT2D eigenvalue weighted by Gasteiger charge is -2.20. The molecule has 0 spiro atoms. The van der Waals surface area contributed by atoms with Gasteiger partial charge in [0.1, 0.15) is 18.2 Å². The van der Waals surface area contributed by atoms with E-state index in [4.69, 9.17) is 0 Å². The number of amides is 1. The summed E-state index contributed by atoms with van der Waals surface area (Å²) in [6.07, 6.45) is 18.0. The lowest BCUT2D eigenvalue weighted by Crippen LogP contribution is -2.32. The maximum Gasteiger partial charge on any atom is 0.277 e. The van der Waals surface area contributed by atoms with Gasteiger partial charge in [-0.05, 0) is 36.6 Å². The fourth-order valence-corrected chi connectivity index (χ4v) is 5.48. The average Bonchev–Trinajstić information content (AvgIpc) is 2.96. The third-order valence-electron chi connectivity index (χ3n) is 7.12. The highest BCUT2D eigenvalue weighted by Gasteiger charge is 2.16. The molecule has 0 aliphatic heterocycles. The number of aromatic nitrogens is 4. The van der Waals surface area contributed by atoms with Gasteiger partial charge in [-0.1, -0.05) is 88.6 Å². The van der Waals surface area contributed by atoms with E-state index < -0.39 is 0 Å². The normalized spacial score (nSPS) is 11.1. The Labute approximate surface area is 248 Å². The van der Waals surface area contributed by atoms with E-state index in [0.717, 1.165) is 24.0 Å². The number of hydrogen-bond acceptors (Lipinski definition) is 6. The monoisotopic (exact) mass is 581 g/mol. The van der Waals surface area contributed by atoms with E-state index in [9.17, 15) is 14.0 Å². The number of halogens is 1. The van der Waals surface area contributed by atoms with Crippen molar-refractivity contribution in [2.45, 2.75) is 102 Å². The quantitative estimate of drug-likeness (QED) is 0.0940. The van der Waals surface area contributed by atoms with Gasteiger partial charge in [0.05, 0.1) is 0 Å². The molecule has 222 valence electrons. The number of unbranched alkanes of at least 4 members (excludes halogenated alkanes) is 9. The lowest BCUT2D eigenvalue weighted by atomic mass is 10.1. The van der Waals surface area contributed by atoms with Crippen LogP contribution in [0.1, 0.15) is 93.6 Å². The first kappa shape index (κ1) is 32.4. The van der Waals surface area contributed by atoms with Crippen molar-refractivity contribution in [1.29, 1.82) is 0 Å². The van der Waals surface area contributed by atoms with Crippen molar-refractivity contribution < 1.29 is 9.18 Å². The molecule has 1 amide bonds. The summed E-state index contributed by atoms with van der Waals surface area (Å²) in [5, 5.41) is 0.462. The van der Waals surface area contributed by atoms with Gasteiger partial charge in [-0.15, -0.1) is 0 Å². The molecule has 0 atom stereocenters. The zero-order valence-corrected chi connectivity index (χ0v) is 25.6. The minimum absolute atomic E-state index is 0.0281. The Bertz CT molecular complexity index is 1260. The van der Waals surface area contributed by atoms with Gasteiger partial charge in [0.2, 0.25) is 5.91 Å². The van der Waals surface area contributed by atoms with Crippen molar-refractivity contribution in [3.63, 3.8) is 0 Å². The number of thioether (sulfide) groups is 1. The van der Waals surface area contributed by atoms with Gasteiger partial charge < -0.3 is 9.47 Å². The molecular formula is C32H44FN5O2S. The topological polar surface area (TPSA) is 81.0 Å². The molecule has 2 heterocycles. The first-order valence-electron chi connectivity index (χ1n) is 14.8. The van der Waals surface area contributed by atoms with Gasteiger partial charge in [-0.25, -0.2) is 14.4 Å². The molecule has 2 aromatic heterocycles. The third-order valence-corrected chi connectivity index (χ3v) is 8.18. The summed E-state index contributed by atoms with van der Waals surface area (Å²) in [5.74, 6) is 0.835. The molecular weight excluding hydrogens is 537 g/mol. The number of likely N-dealkylation sites (N-methyl/N-ethyl adjacent to an activating group) is 1. The average molecular weight is 582 g/mol. The Morgan fingerprint density at radius 2 is 1.54 bits per heavy atom. The van der Waals surface area contributed by atoms with Crippen LogP contribution in [0.3, 0.4) is 0 Å². The number of carbonyl (C=O) groups is 1. The summed E-state index contributed by atoms with van der Waals surface area (Å²) in [6, 6.07) is 6.24.